The Kier molecular flexibility index (Phi) is 4.14. The molecule has 17 heavy (non-hydrogen) atoms. The normalized spacial score (nSPS) is 17.0. The summed E-state index contributed by atoms with van der Waals surface area (Å²) in [5, 5.41) is 9.85. The standard InChI is InChI=1S/C12H20N4O/c1-2-16(9-10-3-5-13-6-4-10)12(17)11-7-14-15-8-11/h7-8,10,13H,2-6,9H2,1H3,(H,14,15). The number of nitrogens with one attached hydrogen (secondary N) is 2. The average molecular weight is 236 g/mol. The lowest BCUT2D eigenvalue weighted by molar-refractivity contribution is 0.0727. The summed E-state index contributed by atoms with van der Waals surface area (Å²) in [5.74, 6) is 0.715. The van der Waals surface area contributed by atoms with Crippen LogP contribution >= 0.6 is 0 Å². The number of carbonyl (C=O) groups is 1. The third-order valence-corrected chi connectivity index (χ3v) is 3.35. The molecule has 0 aliphatic carbocycles. The van der Waals surface area contributed by atoms with Gasteiger partial charge in [-0.05, 0) is 38.8 Å². The van der Waals surface area contributed by atoms with E-state index in [-0.39, 0.29) is 5.91 Å². The summed E-state index contributed by atoms with van der Waals surface area (Å²) in [7, 11) is 0. The zero-order valence-electron chi connectivity index (χ0n) is 10.3. The van der Waals surface area contributed by atoms with Gasteiger partial charge >= 0.3 is 0 Å². The molecule has 0 unspecified atom stereocenters. The quantitative estimate of drug-likeness (QED) is 0.815. The molecule has 5 nitrogen and oxygen atoms in total. The van der Waals surface area contributed by atoms with E-state index in [1.54, 1.807) is 12.4 Å². The number of amides is 1. The highest BCUT2D eigenvalue weighted by Crippen LogP contribution is 2.14. The summed E-state index contributed by atoms with van der Waals surface area (Å²) in [6.45, 7) is 5.79. The van der Waals surface area contributed by atoms with Gasteiger partial charge in [-0.3, -0.25) is 9.89 Å². The molecular weight excluding hydrogens is 216 g/mol. The maximum atomic E-state index is 12.2. The number of nitrogens with zero attached hydrogens (tertiary/aromatic N) is 2. The molecule has 5 heteroatoms. The number of carbonyl (C=O) groups excluding carboxylic acids is 1. The first kappa shape index (κ1) is 12.1. The van der Waals surface area contributed by atoms with Gasteiger partial charge in [-0.15, -0.1) is 0 Å². The smallest absolute Gasteiger partial charge is 0.257 e. The molecule has 1 aliphatic rings. The number of H-pyrrole nitrogens is 1. The van der Waals surface area contributed by atoms with E-state index in [0.29, 0.717) is 11.5 Å². The van der Waals surface area contributed by atoms with Gasteiger partial charge in [-0.1, -0.05) is 0 Å². The molecule has 0 atom stereocenters. The average Bonchev–Trinajstić information content (AvgIpc) is 2.90. The van der Waals surface area contributed by atoms with E-state index in [1.807, 2.05) is 11.8 Å². The molecule has 1 aromatic heterocycles. The van der Waals surface area contributed by atoms with E-state index in [9.17, 15) is 4.79 Å². The van der Waals surface area contributed by atoms with Crippen LogP contribution in [0.25, 0.3) is 0 Å². The van der Waals surface area contributed by atoms with Gasteiger partial charge < -0.3 is 10.2 Å². The Labute approximate surface area is 102 Å². The third kappa shape index (κ3) is 3.06. The lowest BCUT2D eigenvalue weighted by atomic mass is 9.97. The summed E-state index contributed by atoms with van der Waals surface area (Å²) in [4.78, 5) is 14.1. The van der Waals surface area contributed by atoms with Crippen molar-refractivity contribution < 1.29 is 4.79 Å². The first-order chi connectivity index (χ1) is 8.31. The molecule has 1 saturated heterocycles. The predicted molar refractivity (Wildman–Crippen MR) is 65.8 cm³/mol. The van der Waals surface area contributed by atoms with Crippen molar-refractivity contribution in [2.45, 2.75) is 19.8 Å². The number of piperidine rings is 1. The summed E-state index contributed by atoms with van der Waals surface area (Å²) in [6.07, 6.45) is 5.57. The van der Waals surface area contributed by atoms with Crippen LogP contribution < -0.4 is 5.32 Å². The number of aromatic amines is 1. The molecule has 1 aliphatic heterocycles. The van der Waals surface area contributed by atoms with Gasteiger partial charge in [0.15, 0.2) is 0 Å². The summed E-state index contributed by atoms with van der Waals surface area (Å²) >= 11 is 0. The molecule has 0 saturated carbocycles. The Hall–Kier alpha value is -1.36. The Morgan fingerprint density at radius 2 is 2.29 bits per heavy atom. The molecule has 1 fully saturated rings. The van der Waals surface area contributed by atoms with E-state index in [2.05, 4.69) is 15.5 Å². The maximum Gasteiger partial charge on any atom is 0.257 e. The molecule has 0 bridgehead atoms. The maximum absolute atomic E-state index is 12.2. The zero-order valence-corrected chi connectivity index (χ0v) is 10.3. The Morgan fingerprint density at radius 3 is 2.88 bits per heavy atom. The zero-order chi connectivity index (χ0) is 12.1. The van der Waals surface area contributed by atoms with Crippen molar-refractivity contribution >= 4 is 5.91 Å². The Bertz CT molecular complexity index is 343. The van der Waals surface area contributed by atoms with Crippen molar-refractivity contribution in [3.8, 4) is 0 Å². The molecule has 1 amide bonds. The molecule has 94 valence electrons. The van der Waals surface area contributed by atoms with E-state index in [4.69, 9.17) is 0 Å². The van der Waals surface area contributed by atoms with Crippen LogP contribution in [-0.2, 0) is 0 Å². The minimum atomic E-state index is 0.0831. The third-order valence-electron chi connectivity index (χ3n) is 3.35. The minimum Gasteiger partial charge on any atom is -0.339 e. The fourth-order valence-electron chi connectivity index (χ4n) is 2.28. The first-order valence-electron chi connectivity index (χ1n) is 6.30. The lowest BCUT2D eigenvalue weighted by Gasteiger charge is -2.29. The van der Waals surface area contributed by atoms with Crippen molar-refractivity contribution in [2.75, 3.05) is 26.2 Å². The van der Waals surface area contributed by atoms with Crippen molar-refractivity contribution in [3.63, 3.8) is 0 Å². The monoisotopic (exact) mass is 236 g/mol. The van der Waals surface area contributed by atoms with Gasteiger partial charge in [0, 0.05) is 19.3 Å². The molecule has 1 aromatic rings. The van der Waals surface area contributed by atoms with Crippen LogP contribution in [0.4, 0.5) is 0 Å². The molecular formula is C12H20N4O. The van der Waals surface area contributed by atoms with Crippen molar-refractivity contribution in [2.24, 2.45) is 5.92 Å². The van der Waals surface area contributed by atoms with Crippen LogP contribution in [0.1, 0.15) is 30.1 Å². The van der Waals surface area contributed by atoms with Gasteiger partial charge in [-0.2, -0.15) is 5.10 Å². The summed E-state index contributed by atoms with van der Waals surface area (Å²) in [6, 6.07) is 0. The number of aromatic nitrogens is 2. The Morgan fingerprint density at radius 1 is 1.53 bits per heavy atom. The van der Waals surface area contributed by atoms with Crippen molar-refractivity contribution in [3.05, 3.63) is 18.0 Å². The van der Waals surface area contributed by atoms with Crippen LogP contribution in [0.15, 0.2) is 12.4 Å². The van der Waals surface area contributed by atoms with Gasteiger partial charge in [0.2, 0.25) is 0 Å². The van der Waals surface area contributed by atoms with Crippen LogP contribution in [0.3, 0.4) is 0 Å². The lowest BCUT2D eigenvalue weighted by Crippen LogP contribution is -2.39. The van der Waals surface area contributed by atoms with Gasteiger partial charge in [-0.25, -0.2) is 0 Å². The van der Waals surface area contributed by atoms with Crippen LogP contribution in [0, 0.1) is 5.92 Å². The van der Waals surface area contributed by atoms with E-state index < -0.39 is 0 Å². The van der Waals surface area contributed by atoms with Crippen LogP contribution in [-0.4, -0.2) is 47.2 Å². The topological polar surface area (TPSA) is 61.0 Å². The highest BCUT2D eigenvalue weighted by atomic mass is 16.2. The van der Waals surface area contributed by atoms with Gasteiger partial charge in [0.1, 0.15) is 0 Å². The van der Waals surface area contributed by atoms with Gasteiger partial charge in [0.25, 0.3) is 5.91 Å². The first-order valence-corrected chi connectivity index (χ1v) is 6.30. The second-order valence-corrected chi connectivity index (χ2v) is 4.52. The Balaban J connectivity index is 1.93. The molecule has 2 rings (SSSR count). The van der Waals surface area contributed by atoms with Crippen molar-refractivity contribution in [1.29, 1.82) is 0 Å². The summed E-state index contributed by atoms with van der Waals surface area (Å²) in [5.41, 5.74) is 0.654. The molecule has 2 heterocycles. The van der Waals surface area contributed by atoms with Crippen LogP contribution in [0.5, 0.6) is 0 Å². The van der Waals surface area contributed by atoms with Crippen molar-refractivity contribution in [1.82, 2.24) is 20.4 Å². The number of hydrogen-bond donors (Lipinski definition) is 2. The SMILES string of the molecule is CCN(CC1CCNCC1)C(=O)c1cn[nH]c1. The van der Waals surface area contributed by atoms with Gasteiger partial charge in [0.05, 0.1) is 11.8 Å². The van der Waals surface area contributed by atoms with Crippen LogP contribution in [0.2, 0.25) is 0 Å². The number of rotatable bonds is 4. The summed E-state index contributed by atoms with van der Waals surface area (Å²) < 4.78 is 0. The van der Waals surface area contributed by atoms with E-state index >= 15 is 0 Å². The minimum absolute atomic E-state index is 0.0831. The number of hydrogen-bond acceptors (Lipinski definition) is 3. The molecule has 0 aromatic carbocycles. The van der Waals surface area contributed by atoms with E-state index in [1.165, 1.54) is 0 Å². The molecule has 0 spiro atoms. The molecule has 2 N–H and O–H groups in total. The second-order valence-electron chi connectivity index (χ2n) is 4.52. The fraction of sp³-hybridized carbons (Fsp3) is 0.667. The highest BCUT2D eigenvalue weighted by Gasteiger charge is 2.20. The predicted octanol–water partition coefficient (Wildman–Crippen LogP) is 0.871. The largest absolute Gasteiger partial charge is 0.339 e. The second kappa shape index (κ2) is 5.82. The highest BCUT2D eigenvalue weighted by molar-refractivity contribution is 5.93. The fourth-order valence-corrected chi connectivity index (χ4v) is 2.28. The van der Waals surface area contributed by atoms with E-state index in [0.717, 1.165) is 39.0 Å². The molecule has 0 radical (unpaired) electrons.